The molecule has 0 saturated carbocycles. The molecule has 0 aliphatic rings. The summed E-state index contributed by atoms with van der Waals surface area (Å²) < 4.78 is 126. The Hall–Kier alpha value is -1.07. The predicted molar refractivity (Wildman–Crippen MR) is 108 cm³/mol. The van der Waals surface area contributed by atoms with E-state index in [9.17, 15) is 34.8 Å². The lowest BCUT2D eigenvalue weighted by Gasteiger charge is -2.10. The first-order valence-electron chi connectivity index (χ1n) is 9.82. The van der Waals surface area contributed by atoms with E-state index in [1.54, 1.807) is 4.08 Å². The molecule has 198 valence electrons. The number of rotatable bonds is 11. The molecular weight excluding hydrogens is 629 g/mol. The number of alkyl halides is 6. The van der Waals surface area contributed by atoms with E-state index in [1.165, 1.54) is 0 Å². The highest BCUT2D eigenvalue weighted by Gasteiger charge is 2.49. The highest BCUT2D eigenvalue weighted by Crippen LogP contribution is 2.27. The van der Waals surface area contributed by atoms with Crippen LogP contribution in [0.5, 0.6) is 0 Å². The minimum Gasteiger partial charge on any atom is -0.741 e. The summed E-state index contributed by atoms with van der Waals surface area (Å²) in [7, 11) is -11.7. The Morgan fingerprint density at radius 2 is 1.38 bits per heavy atom. The number of halogens is 7. The van der Waals surface area contributed by atoms with Crippen LogP contribution in [0.15, 0.2) is 34.1 Å². The van der Waals surface area contributed by atoms with E-state index < -0.39 is 52.5 Å². The molecule has 6 nitrogen and oxygen atoms in total. The molecule has 34 heavy (non-hydrogen) atoms. The lowest BCUT2D eigenvalue weighted by atomic mass is 10.1. The van der Waals surface area contributed by atoms with E-state index in [-0.39, 0.29) is 12.2 Å². The van der Waals surface area contributed by atoms with E-state index in [4.69, 9.17) is 13.0 Å². The molecule has 0 unspecified atom stereocenters. The van der Waals surface area contributed by atoms with Crippen LogP contribution in [0.4, 0.5) is 26.3 Å². The van der Waals surface area contributed by atoms with Gasteiger partial charge >= 0.3 is 42.3 Å². The highest BCUT2D eigenvalue weighted by molar-refractivity contribution is 7.87. The quantitative estimate of drug-likeness (QED) is 0.0693. The molecule has 1 aromatic carbocycles. The molecule has 0 aliphatic heterocycles. The topological polar surface area (TPSA) is 101 Å². The van der Waals surface area contributed by atoms with Gasteiger partial charge in [0.25, 0.3) is 0 Å². The summed E-state index contributed by atoms with van der Waals surface area (Å²) in [4.78, 5) is 0. The fourth-order valence-corrected chi connectivity index (χ4v) is 4.71. The van der Waals surface area contributed by atoms with Crippen LogP contribution in [0.1, 0.15) is 57.4 Å². The Balaban J connectivity index is 0.00000116. The Kier molecular flexibility index (Phi) is 14.0. The van der Waals surface area contributed by atoms with Crippen molar-refractivity contribution in [3.63, 3.8) is 0 Å². The van der Waals surface area contributed by atoms with Crippen molar-refractivity contribution in [1.29, 1.82) is 0 Å². The third-order valence-electron chi connectivity index (χ3n) is 3.87. The second-order valence-electron chi connectivity index (χ2n) is 6.88. The third kappa shape index (κ3) is 13.7. The molecule has 0 aromatic heterocycles. The summed E-state index contributed by atoms with van der Waals surface area (Å²) in [5.74, 6) is -0.0915. The summed E-state index contributed by atoms with van der Waals surface area (Å²) in [5.41, 5.74) is -9.97. The maximum Gasteiger partial charge on any atom is 0.534 e. The fraction of sp³-hybridized carbons (Fsp3) is 0.579. The maximum atomic E-state index is 12.6. The third-order valence-corrected chi connectivity index (χ3v) is 7.89. The minimum absolute atomic E-state index is 0.0915. The average molecular weight is 654 g/mol. The van der Waals surface area contributed by atoms with Crippen LogP contribution < -0.4 is 21.2 Å². The van der Waals surface area contributed by atoms with Crippen LogP contribution in [-0.4, -0.2) is 32.4 Å². The van der Waals surface area contributed by atoms with Crippen molar-refractivity contribution < 1.29 is 73.1 Å². The smallest absolute Gasteiger partial charge is 0.534 e. The molecule has 0 radical (unpaired) electrons. The van der Waals surface area contributed by atoms with E-state index in [2.05, 4.69) is 11.1 Å². The van der Waals surface area contributed by atoms with Crippen LogP contribution in [0, 0.1) is 10.5 Å². The first-order valence-corrected chi connectivity index (χ1v) is 15.0. The molecule has 0 saturated heterocycles. The molecule has 0 aliphatic carbocycles. The second kappa shape index (κ2) is 14.5. The Bertz CT molecular complexity index is 972. The second-order valence-corrected chi connectivity index (χ2v) is 12.3. The van der Waals surface area contributed by atoms with Crippen molar-refractivity contribution in [2.45, 2.75) is 69.8 Å². The molecule has 0 heterocycles. The van der Waals surface area contributed by atoms with Crippen molar-refractivity contribution >= 4 is 20.2 Å². The van der Waals surface area contributed by atoms with Crippen molar-refractivity contribution in [2.75, 3.05) is 0 Å². The normalized spacial score (nSPS) is 13.3. The molecular formula is C19H25F6IO6S2. The van der Waals surface area contributed by atoms with Crippen molar-refractivity contribution in [3.05, 3.63) is 43.2 Å². The minimum atomic E-state index is -6.09. The van der Waals surface area contributed by atoms with E-state index in [0.717, 1.165) is 41.2 Å². The number of benzene rings is 1. The number of unbranched alkanes of at least 4 members (excludes halogenated alkanes) is 5. The Morgan fingerprint density at radius 1 is 0.912 bits per heavy atom. The molecule has 0 N–H and O–H groups in total. The molecule has 0 bridgehead atoms. The van der Waals surface area contributed by atoms with Gasteiger partial charge in [0.15, 0.2) is 23.5 Å². The van der Waals surface area contributed by atoms with Crippen molar-refractivity contribution in [1.82, 2.24) is 0 Å². The largest absolute Gasteiger partial charge is 0.741 e. The summed E-state index contributed by atoms with van der Waals surface area (Å²) in [6.45, 7) is 4.05. The van der Waals surface area contributed by atoms with Gasteiger partial charge in [0.1, 0.15) is 0 Å². The molecule has 0 amide bonds. The van der Waals surface area contributed by atoms with Crippen molar-refractivity contribution in [3.8, 4) is 0 Å². The molecule has 15 heteroatoms. The van der Waals surface area contributed by atoms with Crippen molar-refractivity contribution in [2.24, 2.45) is 0 Å². The lowest BCUT2D eigenvalue weighted by Crippen LogP contribution is -3.59. The monoisotopic (exact) mass is 654 g/mol. The molecule has 0 atom stereocenters. The van der Waals surface area contributed by atoms with Crippen LogP contribution in [0.2, 0.25) is 0 Å². The highest BCUT2D eigenvalue weighted by atomic mass is 127. The van der Waals surface area contributed by atoms with Gasteiger partial charge in [-0.25, -0.2) is 8.42 Å². The SMILES string of the molecule is CCCCCCCC/C(=C\[I+]c1ccc(C)cc1)OS(=O)(=O)C(F)(F)F.O=S(=O)([O-])C(F)(F)F. The van der Waals surface area contributed by atoms with E-state index in [1.807, 2.05) is 31.2 Å². The van der Waals surface area contributed by atoms with E-state index >= 15 is 0 Å². The van der Waals surface area contributed by atoms with Crippen LogP contribution in [0.25, 0.3) is 0 Å². The van der Waals surface area contributed by atoms with Gasteiger partial charge in [-0.15, -0.1) is 0 Å². The van der Waals surface area contributed by atoms with Gasteiger partial charge in [-0.1, -0.05) is 56.7 Å². The molecule has 1 rings (SSSR count). The zero-order chi connectivity index (χ0) is 26.6. The van der Waals surface area contributed by atoms with Gasteiger partial charge in [-0.2, -0.15) is 34.8 Å². The zero-order valence-corrected chi connectivity index (χ0v) is 22.0. The first-order chi connectivity index (χ1) is 15.4. The van der Waals surface area contributed by atoms with Crippen LogP contribution >= 0.6 is 0 Å². The molecule has 0 fully saturated rings. The van der Waals surface area contributed by atoms with Crippen LogP contribution in [0.3, 0.4) is 0 Å². The van der Waals surface area contributed by atoms with Gasteiger partial charge < -0.3 is 8.74 Å². The fourth-order valence-electron chi connectivity index (χ4n) is 2.11. The number of hydrogen-bond donors (Lipinski definition) is 0. The maximum absolute atomic E-state index is 12.6. The van der Waals surface area contributed by atoms with Crippen LogP contribution in [-0.2, 0) is 24.4 Å². The zero-order valence-electron chi connectivity index (χ0n) is 18.2. The van der Waals surface area contributed by atoms with E-state index in [0.29, 0.717) is 6.42 Å². The molecule has 0 spiro atoms. The first kappa shape index (κ1) is 32.9. The average Bonchev–Trinajstić information content (AvgIpc) is 2.67. The number of aryl methyl sites for hydroxylation is 1. The summed E-state index contributed by atoms with van der Waals surface area (Å²) >= 11 is -0.769. The van der Waals surface area contributed by atoms with Gasteiger partial charge in [0.05, 0.1) is 0 Å². The number of hydrogen-bond acceptors (Lipinski definition) is 6. The van der Waals surface area contributed by atoms with Gasteiger partial charge in [0.2, 0.25) is 0 Å². The van der Waals surface area contributed by atoms with Gasteiger partial charge in [-0.05, 0) is 25.5 Å². The van der Waals surface area contributed by atoms with Gasteiger partial charge in [0, 0.05) is 6.42 Å². The molecule has 1 aromatic rings. The number of allylic oxidation sites excluding steroid dienone is 1. The predicted octanol–water partition coefficient (Wildman–Crippen LogP) is 2.76. The Morgan fingerprint density at radius 3 is 1.82 bits per heavy atom. The lowest BCUT2D eigenvalue weighted by molar-refractivity contribution is -0.558. The summed E-state index contributed by atoms with van der Waals surface area (Å²) in [5, 5.41) is 0. The summed E-state index contributed by atoms with van der Waals surface area (Å²) in [6.07, 6.45) is 5.95. The van der Waals surface area contributed by atoms with Gasteiger partial charge in [-0.3, -0.25) is 0 Å². The standard InChI is InChI=1S/C18H25F3IO3S.CHF3O3S/c1-3-4-5-6-7-8-9-17(25-26(23,24)18(19,20)21)14-22-16-12-10-15(2)11-13-16;2-1(3,4)8(5,6)7/h10-14H,3-9H2,1-2H3;(H,5,6,7)/q+1;/p-1/b17-14+;. The summed E-state index contributed by atoms with van der Waals surface area (Å²) in [6, 6.07) is 7.65. The Labute approximate surface area is 205 Å².